The van der Waals surface area contributed by atoms with E-state index in [1.54, 1.807) is 20.8 Å². The molecule has 138 valence electrons. The number of hydrogen-bond acceptors (Lipinski definition) is 5. The molecule has 0 aliphatic carbocycles. The molecule has 1 rings (SSSR count). The van der Waals surface area contributed by atoms with E-state index in [-0.39, 0.29) is 11.3 Å². The second-order valence-corrected chi connectivity index (χ2v) is 5.66. The van der Waals surface area contributed by atoms with Gasteiger partial charge in [-0.3, -0.25) is 5.32 Å². The van der Waals surface area contributed by atoms with E-state index in [4.69, 9.17) is 10.5 Å². The van der Waals surface area contributed by atoms with Gasteiger partial charge in [-0.25, -0.2) is 15.0 Å². The van der Waals surface area contributed by atoms with Crippen molar-refractivity contribution in [3.63, 3.8) is 0 Å². The fourth-order valence-electron chi connectivity index (χ4n) is 1.54. The maximum Gasteiger partial charge on any atom is 0.573 e. The smallest absolute Gasteiger partial charge is 0.444 e. The number of ether oxygens (including phenoxy) is 2. The molecule has 1 aromatic carbocycles. The van der Waals surface area contributed by atoms with Gasteiger partial charge in [-0.05, 0) is 39.0 Å². The first-order valence-corrected chi connectivity index (χ1v) is 6.84. The van der Waals surface area contributed by atoms with Crippen molar-refractivity contribution in [2.24, 2.45) is 10.8 Å². The minimum atomic E-state index is -4.89. The van der Waals surface area contributed by atoms with Crippen molar-refractivity contribution in [1.29, 1.82) is 0 Å². The van der Waals surface area contributed by atoms with Crippen LogP contribution in [0.4, 0.5) is 28.4 Å². The fraction of sp³-hybridized carbons (Fsp3) is 0.357. The third kappa shape index (κ3) is 8.44. The summed E-state index contributed by atoms with van der Waals surface area (Å²) in [6.07, 6.45) is -4.73. The molecular formula is C14H17F3N4O4. The lowest BCUT2D eigenvalue weighted by molar-refractivity contribution is -0.274. The molecule has 0 atom stereocenters. The lowest BCUT2D eigenvalue weighted by atomic mass is 10.2. The van der Waals surface area contributed by atoms with Crippen LogP contribution in [0.15, 0.2) is 23.3 Å². The molecule has 0 radical (unpaired) electrons. The van der Waals surface area contributed by atoms with E-state index in [0.717, 1.165) is 24.4 Å². The number of primary amides is 1. The third-order valence-corrected chi connectivity index (χ3v) is 2.27. The molecule has 11 heteroatoms. The van der Waals surface area contributed by atoms with E-state index in [1.165, 1.54) is 0 Å². The second-order valence-electron chi connectivity index (χ2n) is 5.66. The van der Waals surface area contributed by atoms with Crippen LogP contribution < -0.4 is 21.2 Å². The molecule has 0 aromatic heterocycles. The van der Waals surface area contributed by atoms with Crippen LogP contribution in [0.3, 0.4) is 0 Å². The van der Waals surface area contributed by atoms with Crippen LogP contribution in [-0.2, 0) is 4.74 Å². The zero-order valence-electron chi connectivity index (χ0n) is 13.6. The average Bonchev–Trinajstić information content (AvgIpc) is 2.37. The quantitative estimate of drug-likeness (QED) is 0.564. The van der Waals surface area contributed by atoms with Gasteiger partial charge in [-0.15, -0.1) is 13.2 Å². The van der Waals surface area contributed by atoms with Crippen molar-refractivity contribution in [3.05, 3.63) is 23.8 Å². The number of nitrogens with zero attached hydrogens (tertiary/aromatic N) is 1. The highest BCUT2D eigenvalue weighted by Gasteiger charge is 2.31. The molecule has 8 nitrogen and oxygen atoms in total. The Kier molecular flexibility index (Phi) is 6.20. The minimum Gasteiger partial charge on any atom is -0.444 e. The number of amides is 3. The van der Waals surface area contributed by atoms with E-state index in [9.17, 15) is 22.8 Å². The molecule has 0 aliphatic heterocycles. The molecule has 3 amide bonds. The van der Waals surface area contributed by atoms with E-state index in [1.807, 2.05) is 5.43 Å². The third-order valence-electron chi connectivity index (χ3n) is 2.27. The summed E-state index contributed by atoms with van der Waals surface area (Å²) in [5.41, 5.74) is 6.04. The van der Waals surface area contributed by atoms with Gasteiger partial charge in [0.1, 0.15) is 11.4 Å². The zero-order valence-corrected chi connectivity index (χ0v) is 13.6. The second kappa shape index (κ2) is 7.73. The molecule has 0 heterocycles. The average molecular weight is 362 g/mol. The molecule has 0 unspecified atom stereocenters. The van der Waals surface area contributed by atoms with Crippen molar-refractivity contribution in [2.45, 2.75) is 32.7 Å². The number of carbonyl (C=O) groups excluding carboxylic acids is 2. The number of hydrogen-bond donors (Lipinski definition) is 3. The SMILES string of the molecule is CC(C)(C)OC(=O)Nc1ccc(OC(F)(F)F)cc1C=NNC(N)=O. The Hall–Kier alpha value is -2.98. The minimum absolute atomic E-state index is 0.0151. The van der Waals surface area contributed by atoms with Crippen LogP contribution in [-0.4, -0.2) is 30.3 Å². The number of rotatable bonds is 4. The molecule has 0 aliphatic rings. The predicted octanol–water partition coefficient (Wildman–Crippen LogP) is 2.93. The Morgan fingerprint density at radius 2 is 1.88 bits per heavy atom. The fourth-order valence-corrected chi connectivity index (χ4v) is 1.54. The highest BCUT2D eigenvalue weighted by molar-refractivity contribution is 5.95. The highest BCUT2D eigenvalue weighted by Crippen LogP contribution is 2.27. The van der Waals surface area contributed by atoms with E-state index < -0.39 is 29.8 Å². The molecule has 4 N–H and O–H groups in total. The number of anilines is 1. The van der Waals surface area contributed by atoms with E-state index in [0.29, 0.717) is 0 Å². The normalized spacial score (nSPS) is 11.9. The Labute approximate surface area is 141 Å². The van der Waals surface area contributed by atoms with Crippen LogP contribution >= 0.6 is 0 Å². The van der Waals surface area contributed by atoms with Gasteiger partial charge in [0.05, 0.1) is 11.9 Å². The van der Waals surface area contributed by atoms with Gasteiger partial charge >= 0.3 is 18.5 Å². The van der Waals surface area contributed by atoms with Gasteiger partial charge in [0.25, 0.3) is 0 Å². The summed E-state index contributed by atoms with van der Waals surface area (Å²) >= 11 is 0. The van der Waals surface area contributed by atoms with Crippen molar-refractivity contribution in [1.82, 2.24) is 5.43 Å². The number of nitrogens with two attached hydrogens (primary N) is 1. The first-order chi connectivity index (χ1) is 11.4. The number of urea groups is 1. The van der Waals surface area contributed by atoms with Crippen LogP contribution in [0.1, 0.15) is 26.3 Å². The Morgan fingerprint density at radius 1 is 1.24 bits per heavy atom. The van der Waals surface area contributed by atoms with Crippen LogP contribution in [0, 0.1) is 0 Å². The molecule has 0 saturated heterocycles. The highest BCUT2D eigenvalue weighted by atomic mass is 19.4. The first-order valence-electron chi connectivity index (χ1n) is 6.84. The Bertz CT molecular complexity index is 669. The summed E-state index contributed by atoms with van der Waals surface area (Å²) in [6, 6.07) is 2.16. The standard InChI is InChI=1S/C14H17F3N4O4/c1-13(2,3)25-12(23)20-10-5-4-9(24-14(15,16)17)6-8(10)7-19-21-11(18)22/h4-7H,1-3H3,(H,20,23)(H3,18,21,22). The van der Waals surface area contributed by atoms with Crippen LogP contribution in [0.25, 0.3) is 0 Å². The monoisotopic (exact) mass is 362 g/mol. The zero-order chi connectivity index (χ0) is 19.3. The predicted molar refractivity (Wildman–Crippen MR) is 83.3 cm³/mol. The van der Waals surface area contributed by atoms with Gasteiger partial charge in [-0.1, -0.05) is 0 Å². The molecule has 0 bridgehead atoms. The van der Waals surface area contributed by atoms with Gasteiger partial charge in [0.15, 0.2) is 0 Å². The lowest BCUT2D eigenvalue weighted by Gasteiger charge is -2.20. The summed E-state index contributed by atoms with van der Waals surface area (Å²) in [6.45, 7) is 4.93. The van der Waals surface area contributed by atoms with Crippen LogP contribution in [0.2, 0.25) is 0 Å². The summed E-state index contributed by atoms with van der Waals surface area (Å²) in [7, 11) is 0. The van der Waals surface area contributed by atoms with Crippen molar-refractivity contribution in [3.8, 4) is 5.75 Å². The maximum absolute atomic E-state index is 12.3. The molecular weight excluding hydrogens is 345 g/mol. The lowest BCUT2D eigenvalue weighted by Crippen LogP contribution is -2.27. The van der Waals surface area contributed by atoms with Gasteiger partial charge in [-0.2, -0.15) is 5.10 Å². The summed E-state index contributed by atoms with van der Waals surface area (Å²) in [4.78, 5) is 22.4. The van der Waals surface area contributed by atoms with Gasteiger partial charge in [0, 0.05) is 5.56 Å². The van der Waals surface area contributed by atoms with E-state index in [2.05, 4.69) is 15.2 Å². The van der Waals surface area contributed by atoms with Gasteiger partial charge < -0.3 is 15.2 Å². The molecule has 0 saturated carbocycles. The van der Waals surface area contributed by atoms with Gasteiger partial charge in [0.2, 0.25) is 0 Å². The molecule has 25 heavy (non-hydrogen) atoms. The number of carbonyl (C=O) groups is 2. The number of benzene rings is 1. The topological polar surface area (TPSA) is 115 Å². The largest absolute Gasteiger partial charge is 0.573 e. The number of nitrogens with one attached hydrogen (secondary N) is 2. The number of alkyl halides is 3. The summed E-state index contributed by atoms with van der Waals surface area (Å²) in [5, 5.41) is 5.80. The number of halogens is 3. The van der Waals surface area contributed by atoms with E-state index >= 15 is 0 Å². The first kappa shape index (κ1) is 20.1. The Balaban J connectivity index is 3.06. The maximum atomic E-state index is 12.3. The van der Waals surface area contributed by atoms with Crippen molar-refractivity contribution < 1.29 is 32.2 Å². The Morgan fingerprint density at radius 3 is 2.40 bits per heavy atom. The molecule has 0 spiro atoms. The summed E-state index contributed by atoms with van der Waals surface area (Å²) in [5.74, 6) is -0.539. The molecule has 1 aromatic rings. The van der Waals surface area contributed by atoms with Crippen LogP contribution in [0.5, 0.6) is 5.75 Å². The molecule has 0 fully saturated rings. The van der Waals surface area contributed by atoms with Crippen molar-refractivity contribution in [2.75, 3.05) is 5.32 Å². The van der Waals surface area contributed by atoms with Crippen molar-refractivity contribution >= 4 is 24.0 Å². The number of hydrazone groups is 1. The summed E-state index contributed by atoms with van der Waals surface area (Å²) < 4.78 is 45.8.